The maximum atomic E-state index is 16.4. The first kappa shape index (κ1) is 48.1. The molecule has 4 aromatic carbocycles. The van der Waals surface area contributed by atoms with Gasteiger partial charge in [0.05, 0.1) is 17.7 Å². The zero-order valence-electron chi connectivity index (χ0n) is 39.9. The van der Waals surface area contributed by atoms with Gasteiger partial charge in [-0.25, -0.2) is 13.6 Å². The lowest BCUT2D eigenvalue weighted by Gasteiger charge is -2.38. The number of fused-ring (bicyclic) bond motifs is 2. The number of carbonyl (C=O) groups is 3. The lowest BCUT2D eigenvalue weighted by molar-refractivity contribution is -0.120. The van der Waals surface area contributed by atoms with Crippen molar-refractivity contribution >= 4 is 34.6 Å². The molecule has 69 heavy (non-hydrogen) atoms. The number of hydrogen-bond acceptors (Lipinski definition) is 10. The van der Waals surface area contributed by atoms with Crippen LogP contribution < -0.4 is 30.7 Å². The number of amides is 4. The highest BCUT2D eigenvalue weighted by Gasteiger charge is 2.49. The molecule has 4 amide bonds. The van der Waals surface area contributed by atoms with Gasteiger partial charge >= 0.3 is 6.03 Å². The van der Waals surface area contributed by atoms with Gasteiger partial charge in [0.25, 0.3) is 0 Å². The number of halogens is 2. The largest absolute Gasteiger partial charge is 0.488 e. The van der Waals surface area contributed by atoms with Gasteiger partial charge in [0.2, 0.25) is 11.8 Å². The quantitative estimate of drug-likeness (QED) is 0.0707. The molecule has 3 fully saturated rings. The van der Waals surface area contributed by atoms with Gasteiger partial charge in [-0.1, -0.05) is 43.3 Å². The minimum Gasteiger partial charge on any atom is -0.488 e. The molecule has 2 atom stereocenters. The summed E-state index contributed by atoms with van der Waals surface area (Å²) in [6.45, 7) is 11.1. The molecule has 5 heterocycles. The van der Waals surface area contributed by atoms with Crippen LogP contribution in [0.5, 0.6) is 11.5 Å². The summed E-state index contributed by atoms with van der Waals surface area (Å²) >= 11 is 0. The number of anilines is 1. The number of nitrogens with two attached hydrogens (primary N) is 1. The first-order valence-corrected chi connectivity index (χ1v) is 24.5. The van der Waals surface area contributed by atoms with Crippen LogP contribution in [0.15, 0.2) is 66.7 Å². The molecule has 4 aliphatic rings. The van der Waals surface area contributed by atoms with Crippen molar-refractivity contribution in [2.75, 3.05) is 77.0 Å². The van der Waals surface area contributed by atoms with E-state index in [1.54, 1.807) is 11.8 Å². The van der Waals surface area contributed by atoms with Gasteiger partial charge in [-0.15, -0.1) is 0 Å². The van der Waals surface area contributed by atoms with Crippen LogP contribution in [0, 0.1) is 24.5 Å². The minimum atomic E-state index is -0.970. The van der Waals surface area contributed by atoms with E-state index in [-0.39, 0.29) is 59.3 Å². The number of imide groups is 1. The fourth-order valence-corrected chi connectivity index (χ4v) is 11.2. The molecule has 3 saturated heterocycles. The number of nitrogens with zero attached hydrogens (tertiary/aromatic N) is 5. The lowest BCUT2D eigenvalue weighted by atomic mass is 9.76. The van der Waals surface area contributed by atoms with E-state index in [9.17, 15) is 19.5 Å². The Morgan fingerprint density at radius 3 is 2.45 bits per heavy atom. The molecule has 14 nitrogen and oxygen atoms in total. The maximum absolute atomic E-state index is 16.4. The van der Waals surface area contributed by atoms with Gasteiger partial charge in [-0.2, -0.15) is 5.10 Å². The van der Waals surface area contributed by atoms with E-state index in [4.69, 9.17) is 15.2 Å². The van der Waals surface area contributed by atoms with Crippen molar-refractivity contribution in [3.8, 4) is 22.6 Å². The molecule has 0 bridgehead atoms. The predicted molar refractivity (Wildman–Crippen MR) is 261 cm³/mol. The molecule has 0 spiro atoms. The van der Waals surface area contributed by atoms with Gasteiger partial charge in [-0.3, -0.25) is 24.5 Å². The van der Waals surface area contributed by atoms with Crippen molar-refractivity contribution in [1.82, 2.24) is 30.2 Å². The fourth-order valence-electron chi connectivity index (χ4n) is 11.2. The number of benzene rings is 4. The van der Waals surface area contributed by atoms with Crippen LogP contribution in [-0.4, -0.2) is 115 Å². The molecular weight excluding hydrogens is 883 g/mol. The van der Waals surface area contributed by atoms with Gasteiger partial charge in [-0.05, 0) is 143 Å². The average molecular weight is 947 g/mol. The minimum absolute atomic E-state index is 0.107. The summed E-state index contributed by atoms with van der Waals surface area (Å²) in [5, 5.41) is 21.0. The Kier molecular flexibility index (Phi) is 14.3. The number of aryl methyl sites for hydroxylation is 1. The fraction of sp³-hybridized carbons (Fsp3) is 0.472. The third-order valence-corrected chi connectivity index (χ3v) is 15.1. The van der Waals surface area contributed by atoms with Crippen LogP contribution >= 0.6 is 0 Å². The number of aromatic nitrogens is 2. The number of ether oxygens (including phenoxy) is 2. The van der Waals surface area contributed by atoms with E-state index in [0.717, 1.165) is 88.0 Å². The number of urea groups is 1. The predicted octanol–water partition coefficient (Wildman–Crippen LogP) is 7.10. The molecule has 5 aromatic rings. The summed E-state index contributed by atoms with van der Waals surface area (Å²) in [4.78, 5) is 43.8. The molecule has 5 N–H and O–H groups in total. The Morgan fingerprint density at radius 1 is 0.971 bits per heavy atom. The molecule has 16 heteroatoms. The zero-order chi connectivity index (χ0) is 48.4. The van der Waals surface area contributed by atoms with Crippen molar-refractivity contribution in [2.45, 2.75) is 76.2 Å². The van der Waals surface area contributed by atoms with Crippen LogP contribution in [0.1, 0.15) is 96.3 Å². The Hall–Kier alpha value is -5.94. The Labute approximate surface area is 402 Å². The Morgan fingerprint density at radius 2 is 1.72 bits per heavy atom. The lowest BCUT2D eigenvalue weighted by Crippen LogP contribution is -2.49. The number of hydrogen-bond donors (Lipinski definition) is 4. The van der Waals surface area contributed by atoms with E-state index in [0.29, 0.717) is 36.3 Å². The molecular formula is C53H64F2N8O6. The SMILES string of the molecule is Cc1c(F)cc2c(c1-c1c(C(N)=O)ccc(OCCO)c1F)C(C)[C@@](CNCCCCN1CCC(CN3CCC(c4ccc5c(N6CCC(=O)NC6=O)nn(C)c5c4)CC3)CC1)(c1ccccc1)O2. The highest BCUT2D eigenvalue weighted by atomic mass is 19.1. The van der Waals surface area contributed by atoms with E-state index in [1.807, 2.05) is 49.0 Å². The number of nitrogens with one attached hydrogen (secondary N) is 2. The second kappa shape index (κ2) is 20.6. The highest BCUT2D eigenvalue weighted by Crippen LogP contribution is 2.55. The van der Waals surface area contributed by atoms with Gasteiger partial charge in [0.15, 0.2) is 23.0 Å². The summed E-state index contributed by atoms with van der Waals surface area (Å²) in [7, 11) is 1.91. The number of aliphatic hydroxyl groups excluding tert-OH is 1. The average Bonchev–Trinajstić information content (AvgIpc) is 3.82. The summed E-state index contributed by atoms with van der Waals surface area (Å²) in [6, 6.07) is 19.9. The molecule has 0 radical (unpaired) electrons. The topological polar surface area (TPSA) is 168 Å². The molecule has 1 unspecified atom stereocenters. The maximum Gasteiger partial charge on any atom is 0.329 e. The summed E-state index contributed by atoms with van der Waals surface area (Å²) in [6.07, 6.45) is 6.88. The van der Waals surface area contributed by atoms with Crippen molar-refractivity contribution in [2.24, 2.45) is 18.7 Å². The highest BCUT2D eigenvalue weighted by molar-refractivity contribution is 6.09. The molecule has 4 aliphatic heterocycles. The molecule has 0 aliphatic carbocycles. The summed E-state index contributed by atoms with van der Waals surface area (Å²) in [5.41, 5.74) is 8.70. The van der Waals surface area contributed by atoms with Crippen molar-refractivity contribution in [3.63, 3.8) is 0 Å². The van der Waals surface area contributed by atoms with E-state index >= 15 is 8.78 Å². The number of likely N-dealkylation sites (tertiary alicyclic amines) is 2. The van der Waals surface area contributed by atoms with Crippen LogP contribution in [0.25, 0.3) is 22.0 Å². The molecule has 366 valence electrons. The first-order chi connectivity index (χ1) is 33.4. The van der Waals surface area contributed by atoms with Gasteiger partial charge in [0, 0.05) is 61.6 Å². The van der Waals surface area contributed by atoms with Crippen LogP contribution in [0.3, 0.4) is 0 Å². The van der Waals surface area contributed by atoms with E-state index in [1.165, 1.54) is 36.6 Å². The van der Waals surface area contributed by atoms with Crippen LogP contribution in [0.4, 0.5) is 19.4 Å². The van der Waals surface area contributed by atoms with Gasteiger partial charge in [0.1, 0.15) is 18.2 Å². The first-order valence-electron chi connectivity index (χ1n) is 24.5. The van der Waals surface area contributed by atoms with E-state index in [2.05, 4.69) is 43.7 Å². The summed E-state index contributed by atoms with van der Waals surface area (Å²) < 4.78 is 46.5. The molecule has 0 saturated carbocycles. The Bertz CT molecular complexity index is 2700. The van der Waals surface area contributed by atoms with Crippen molar-refractivity contribution < 1.29 is 37.7 Å². The number of primary amides is 1. The standard InChI is InChI=1S/C53H64F2N8O6/c1-33-41(54)30-44-47(46(33)48-40(50(56)66)13-14-43(49(48)55)68-28-27-64)34(2)53(69-44,38-9-5-4-6-10-38)32-57-20-7-8-21-61-22-15-35(16-23-61)31-62-24-17-36(18-25-62)37-11-12-39-42(29-37)60(3)59-51(39)63-26-19-45(65)58-52(63)67/h4-6,9-14,29-30,34-36,57,64H,7-8,15-28,31-32H2,1-3H3,(H2,56,66)(H,58,65,67)/t34?,53-/m0/s1. The van der Waals surface area contributed by atoms with Crippen molar-refractivity contribution in [1.29, 1.82) is 0 Å². The van der Waals surface area contributed by atoms with Crippen LogP contribution in [0.2, 0.25) is 0 Å². The zero-order valence-corrected chi connectivity index (χ0v) is 39.9. The smallest absolute Gasteiger partial charge is 0.329 e. The van der Waals surface area contributed by atoms with Crippen LogP contribution in [-0.2, 0) is 17.4 Å². The van der Waals surface area contributed by atoms with Crippen molar-refractivity contribution in [3.05, 3.63) is 106 Å². The number of piperidine rings is 2. The normalized spacial score (nSPS) is 20.6. The number of aliphatic hydroxyl groups is 1. The molecule has 9 rings (SSSR count). The number of unbranched alkanes of at least 4 members (excludes halogenated alkanes) is 1. The molecule has 1 aromatic heterocycles. The third-order valence-electron chi connectivity index (χ3n) is 15.1. The monoisotopic (exact) mass is 946 g/mol. The number of carbonyl (C=O) groups excluding carboxylic acids is 3. The number of rotatable bonds is 17. The summed E-state index contributed by atoms with van der Waals surface area (Å²) in [5.74, 6) is -1.13. The third kappa shape index (κ3) is 9.68. The second-order valence-corrected chi connectivity index (χ2v) is 19.3. The van der Waals surface area contributed by atoms with Gasteiger partial charge < -0.3 is 35.4 Å². The van der Waals surface area contributed by atoms with E-state index < -0.39 is 35.1 Å². The second-order valence-electron chi connectivity index (χ2n) is 19.3. The Balaban J connectivity index is 0.760.